The molecule has 0 unspecified atom stereocenters. The molecule has 0 bridgehead atoms. The molecule has 0 amide bonds. The van der Waals surface area contributed by atoms with Crippen molar-refractivity contribution < 1.29 is 58.7 Å². The van der Waals surface area contributed by atoms with Gasteiger partial charge < -0.3 is 25.5 Å². The van der Waals surface area contributed by atoms with Crippen molar-refractivity contribution in [3.63, 3.8) is 0 Å². The zero-order chi connectivity index (χ0) is 13.5. The average molecular weight is 285 g/mol. The number of benzene rings is 1. The van der Waals surface area contributed by atoms with Gasteiger partial charge in [-0.15, -0.1) is 0 Å². The van der Waals surface area contributed by atoms with E-state index in [4.69, 9.17) is 30.1 Å². The van der Waals surface area contributed by atoms with Crippen molar-refractivity contribution in [1.82, 2.24) is 0 Å². The van der Waals surface area contributed by atoms with E-state index in [2.05, 4.69) is 0 Å². The predicted octanol–water partition coefficient (Wildman–Crippen LogP) is -3.92. The molecule has 0 aliphatic rings. The summed E-state index contributed by atoms with van der Waals surface area (Å²) in [4.78, 5) is 33.3. The normalized spacial score (nSPS) is 11.6. The molecule has 0 heterocycles. The molecular weight excluding hydrogens is 272 g/mol. The van der Waals surface area contributed by atoms with Crippen LogP contribution >= 0.6 is 7.82 Å². The number of hydrogen-bond acceptors (Lipinski definition) is 4. The van der Waals surface area contributed by atoms with E-state index in [1.54, 1.807) is 0 Å². The van der Waals surface area contributed by atoms with E-state index in [9.17, 15) is 4.79 Å². The van der Waals surface area contributed by atoms with E-state index < -0.39 is 19.8 Å². The summed E-state index contributed by atoms with van der Waals surface area (Å²) in [5.74, 6) is -0.959. The average Bonchev–Trinajstić information content (AvgIpc) is 2.16. The molecule has 96 valence electrons. The molecule has 1 aromatic rings. The molecule has 7 nitrogen and oxygen atoms in total. The van der Waals surface area contributed by atoms with E-state index in [-0.39, 0.29) is 29.6 Å². The van der Waals surface area contributed by atoms with Gasteiger partial charge in [0, 0.05) is 0 Å². The number of aliphatic carboxylic acids is 1. The van der Waals surface area contributed by atoms with Crippen LogP contribution < -0.4 is 40.2 Å². The minimum absolute atomic E-state index is 0. The molecule has 0 saturated heterocycles. The fourth-order valence-electron chi connectivity index (χ4n) is 0.955. The summed E-state index contributed by atoms with van der Waals surface area (Å²) in [7, 11) is -4.89. The van der Waals surface area contributed by atoms with Crippen molar-refractivity contribution >= 4 is 13.8 Å². The van der Waals surface area contributed by atoms with Crippen LogP contribution in [0.15, 0.2) is 30.3 Å². The maximum absolute atomic E-state index is 10.4. The summed E-state index contributed by atoms with van der Waals surface area (Å²) in [5.41, 5.74) is 6.30. The van der Waals surface area contributed by atoms with Gasteiger partial charge in [-0.25, -0.2) is 0 Å². The van der Waals surface area contributed by atoms with Gasteiger partial charge in [0.2, 0.25) is 0 Å². The van der Waals surface area contributed by atoms with Gasteiger partial charge in [0.05, 0.1) is 0 Å². The van der Waals surface area contributed by atoms with E-state index in [1.165, 1.54) is 0 Å². The Morgan fingerprint density at radius 3 is 2.06 bits per heavy atom. The third-order valence-corrected chi connectivity index (χ3v) is 1.62. The first kappa shape index (κ1) is 20.1. The summed E-state index contributed by atoms with van der Waals surface area (Å²) in [6.07, 6.45) is 0.385. The second kappa shape index (κ2) is 9.66. The molecule has 0 spiro atoms. The van der Waals surface area contributed by atoms with Crippen LogP contribution in [0.1, 0.15) is 5.56 Å². The zero-order valence-electron chi connectivity index (χ0n) is 9.76. The molecule has 1 atom stereocenters. The molecular formula is C9H13NNaO6P. The summed E-state index contributed by atoms with van der Waals surface area (Å²) >= 11 is 0. The van der Waals surface area contributed by atoms with Gasteiger partial charge in [-0.3, -0.25) is 9.36 Å². The fourth-order valence-corrected chi connectivity index (χ4v) is 0.955. The Kier molecular flexibility index (Phi) is 10.8. The topological polar surface area (TPSA) is 144 Å². The van der Waals surface area contributed by atoms with Gasteiger partial charge in [-0.2, -0.15) is 0 Å². The summed E-state index contributed by atoms with van der Waals surface area (Å²) in [6, 6.07) is 8.54. The van der Waals surface area contributed by atoms with Crippen LogP contribution in [0.4, 0.5) is 0 Å². The standard InChI is InChI=1S/C9H11NO2.Na.H3O4P/c10-8(9(11)12)6-7-4-2-1-3-5-7;;1-5(2,3)4/h1-5,8H,6,10H2,(H,11,12);;(H3,1,2,3,4)/q;+1;/p-1/t8-;;/m0../s1. The second-order valence-corrected chi connectivity index (χ2v) is 4.11. The van der Waals surface area contributed by atoms with Crippen LogP contribution in [-0.2, 0) is 15.8 Å². The number of nitrogens with two attached hydrogens (primary N) is 1. The molecule has 18 heavy (non-hydrogen) atoms. The molecule has 0 aliphatic heterocycles. The summed E-state index contributed by atoms with van der Waals surface area (Å²) < 4.78 is 8.77. The molecule has 0 aliphatic carbocycles. The zero-order valence-corrected chi connectivity index (χ0v) is 12.7. The number of rotatable bonds is 3. The number of carboxylic acids is 1. The van der Waals surface area contributed by atoms with Crippen LogP contribution in [-0.4, -0.2) is 26.9 Å². The smallest absolute Gasteiger partial charge is 0.756 e. The first-order valence-corrected chi connectivity index (χ1v) is 6.02. The minimum atomic E-state index is -4.89. The fraction of sp³-hybridized carbons (Fsp3) is 0.222. The van der Waals surface area contributed by atoms with Gasteiger partial charge in [0.25, 0.3) is 7.82 Å². The number of carbonyl (C=O) groups is 1. The third kappa shape index (κ3) is 13.8. The van der Waals surface area contributed by atoms with Gasteiger partial charge in [0.15, 0.2) is 0 Å². The van der Waals surface area contributed by atoms with E-state index in [1.807, 2.05) is 30.3 Å². The van der Waals surface area contributed by atoms with Crippen LogP contribution in [0.2, 0.25) is 0 Å². The maximum Gasteiger partial charge on any atom is 1.00 e. The van der Waals surface area contributed by atoms with Gasteiger partial charge in [-0.05, 0) is 12.0 Å². The number of carboxylic acid groups (broad SMARTS) is 1. The van der Waals surface area contributed by atoms with E-state index >= 15 is 0 Å². The van der Waals surface area contributed by atoms with E-state index in [0.717, 1.165) is 5.56 Å². The van der Waals surface area contributed by atoms with Crippen molar-refractivity contribution in [1.29, 1.82) is 0 Å². The second-order valence-electron chi connectivity index (χ2n) is 3.13. The number of phosphoric acid groups is 1. The molecule has 1 rings (SSSR count). The quantitative estimate of drug-likeness (QED) is 0.328. The van der Waals surface area contributed by atoms with Crippen LogP contribution in [0.3, 0.4) is 0 Å². The van der Waals surface area contributed by atoms with Crippen molar-refractivity contribution in [2.75, 3.05) is 0 Å². The Morgan fingerprint density at radius 1 is 1.33 bits per heavy atom. The Bertz CT molecular complexity index is 387. The molecule has 1 aromatic carbocycles. The first-order valence-electron chi connectivity index (χ1n) is 4.49. The maximum atomic E-state index is 10.4. The summed E-state index contributed by atoms with van der Waals surface area (Å²) in [5, 5.41) is 8.52. The largest absolute Gasteiger partial charge is 1.00 e. The van der Waals surface area contributed by atoms with Crippen LogP contribution in [0.25, 0.3) is 0 Å². The van der Waals surface area contributed by atoms with Crippen molar-refractivity contribution in [3.05, 3.63) is 35.9 Å². The third-order valence-electron chi connectivity index (χ3n) is 1.62. The molecule has 0 radical (unpaired) electrons. The van der Waals surface area contributed by atoms with Gasteiger partial charge in [-0.1, -0.05) is 30.3 Å². The molecule has 5 N–H and O–H groups in total. The minimum Gasteiger partial charge on any atom is -0.756 e. The molecule has 9 heteroatoms. The Morgan fingerprint density at radius 2 is 1.72 bits per heavy atom. The molecule has 0 saturated carbocycles. The molecule has 0 fully saturated rings. The SMILES string of the molecule is N[C@@H](Cc1ccccc1)C(=O)O.O=P([O-])(O)O.[Na+]. The Hall–Kier alpha value is -0.240. The van der Waals surface area contributed by atoms with Crippen molar-refractivity contribution in [2.45, 2.75) is 12.5 Å². The Labute approximate surface area is 126 Å². The monoisotopic (exact) mass is 285 g/mol. The van der Waals surface area contributed by atoms with Gasteiger partial charge >= 0.3 is 35.5 Å². The van der Waals surface area contributed by atoms with Crippen molar-refractivity contribution in [3.8, 4) is 0 Å². The summed E-state index contributed by atoms with van der Waals surface area (Å²) in [6.45, 7) is 0. The number of hydrogen-bond donors (Lipinski definition) is 4. The molecule has 0 aromatic heterocycles. The van der Waals surface area contributed by atoms with E-state index in [0.29, 0.717) is 6.42 Å². The first-order chi connectivity index (χ1) is 7.70. The van der Waals surface area contributed by atoms with Crippen LogP contribution in [0.5, 0.6) is 0 Å². The van der Waals surface area contributed by atoms with Gasteiger partial charge in [0.1, 0.15) is 6.04 Å². The predicted molar refractivity (Wildman–Crippen MR) is 57.8 cm³/mol. The Balaban J connectivity index is 0. The van der Waals surface area contributed by atoms with Crippen molar-refractivity contribution in [2.24, 2.45) is 5.73 Å². The van der Waals surface area contributed by atoms with Crippen LogP contribution in [0, 0.1) is 0 Å².